The van der Waals surface area contributed by atoms with Gasteiger partial charge < -0.3 is 14.8 Å². The van der Waals surface area contributed by atoms with Gasteiger partial charge in [-0.3, -0.25) is 4.79 Å². The third-order valence-corrected chi connectivity index (χ3v) is 2.47. The quantitative estimate of drug-likeness (QED) is 0.880. The first-order valence-electron chi connectivity index (χ1n) is 5.15. The van der Waals surface area contributed by atoms with Gasteiger partial charge in [0.25, 0.3) is 0 Å². The molecule has 1 rings (SSSR count). The Balaban J connectivity index is 2.62. The number of carbonyl (C=O) groups is 2. The van der Waals surface area contributed by atoms with Crippen LogP contribution in [0.5, 0.6) is 5.75 Å². The highest BCUT2D eigenvalue weighted by atomic mass is 35.5. The molecule has 0 aliphatic rings. The highest BCUT2D eigenvalue weighted by Crippen LogP contribution is 2.26. The van der Waals surface area contributed by atoms with Gasteiger partial charge in [-0.2, -0.15) is 0 Å². The molecule has 4 nitrogen and oxygen atoms in total. The lowest BCUT2D eigenvalue weighted by Gasteiger charge is -2.08. The van der Waals surface area contributed by atoms with Gasteiger partial charge in [0, 0.05) is 18.9 Å². The van der Waals surface area contributed by atoms with Crippen molar-refractivity contribution in [1.29, 1.82) is 0 Å². The van der Waals surface area contributed by atoms with Crippen molar-refractivity contribution < 1.29 is 14.3 Å². The van der Waals surface area contributed by atoms with Crippen LogP contribution in [0.4, 0.5) is 5.69 Å². The van der Waals surface area contributed by atoms with Gasteiger partial charge in [-0.1, -0.05) is 11.6 Å². The summed E-state index contributed by atoms with van der Waals surface area (Å²) in [6.45, 7) is 1.45. The number of anilines is 1. The Morgan fingerprint density at radius 3 is 2.59 bits per heavy atom. The smallest absolute Gasteiger partial charge is 0.224 e. The number of amides is 1. The topological polar surface area (TPSA) is 55.4 Å². The van der Waals surface area contributed by atoms with Crippen molar-refractivity contribution in [1.82, 2.24) is 0 Å². The maximum atomic E-state index is 11.5. The number of nitrogens with one attached hydrogen (secondary N) is 1. The van der Waals surface area contributed by atoms with Crippen LogP contribution in [-0.4, -0.2) is 18.8 Å². The van der Waals surface area contributed by atoms with Crippen LogP contribution < -0.4 is 10.1 Å². The zero-order valence-corrected chi connectivity index (χ0v) is 10.5. The van der Waals surface area contributed by atoms with Crippen molar-refractivity contribution in [3.05, 3.63) is 23.2 Å². The highest BCUT2D eigenvalue weighted by molar-refractivity contribution is 6.33. The van der Waals surface area contributed by atoms with Gasteiger partial charge in [0.1, 0.15) is 11.5 Å². The monoisotopic (exact) mass is 255 g/mol. The Bertz CT molecular complexity index is 432. The molecular formula is C12H14ClNO3. The van der Waals surface area contributed by atoms with E-state index in [0.29, 0.717) is 16.5 Å². The molecule has 17 heavy (non-hydrogen) atoms. The Labute approximate surface area is 105 Å². The predicted molar refractivity (Wildman–Crippen MR) is 66.5 cm³/mol. The summed E-state index contributed by atoms with van der Waals surface area (Å²) in [4.78, 5) is 22.2. The summed E-state index contributed by atoms with van der Waals surface area (Å²) < 4.78 is 4.99. The van der Waals surface area contributed by atoms with E-state index in [1.54, 1.807) is 18.2 Å². The second-order valence-electron chi connectivity index (χ2n) is 3.60. The Morgan fingerprint density at radius 1 is 1.35 bits per heavy atom. The largest absolute Gasteiger partial charge is 0.497 e. The third-order valence-electron chi connectivity index (χ3n) is 2.15. The summed E-state index contributed by atoms with van der Waals surface area (Å²) in [5.41, 5.74) is 0.515. The molecule has 0 bridgehead atoms. The summed E-state index contributed by atoms with van der Waals surface area (Å²) in [6.07, 6.45) is 0.400. The van der Waals surface area contributed by atoms with E-state index in [1.165, 1.54) is 14.0 Å². The summed E-state index contributed by atoms with van der Waals surface area (Å²) in [5.74, 6) is 0.380. The number of methoxy groups -OCH3 is 1. The Hall–Kier alpha value is -1.55. The molecule has 0 saturated carbocycles. The normalized spacial score (nSPS) is 9.82. The number of halogens is 1. The number of hydrogen-bond donors (Lipinski definition) is 1. The number of Topliss-reactive ketones (excluding diaryl/α,β-unsaturated/α-hetero) is 1. The maximum absolute atomic E-state index is 11.5. The van der Waals surface area contributed by atoms with Crippen molar-refractivity contribution in [2.24, 2.45) is 0 Å². The summed E-state index contributed by atoms with van der Waals surface area (Å²) in [7, 11) is 1.54. The predicted octanol–water partition coefficient (Wildman–Crippen LogP) is 2.66. The minimum absolute atomic E-state index is 0.0130. The molecule has 0 aliphatic heterocycles. The molecule has 0 spiro atoms. The second-order valence-corrected chi connectivity index (χ2v) is 4.00. The van der Waals surface area contributed by atoms with Gasteiger partial charge in [0.2, 0.25) is 5.91 Å². The van der Waals surface area contributed by atoms with Crippen LogP contribution in [-0.2, 0) is 9.59 Å². The minimum atomic E-state index is -0.229. The summed E-state index contributed by atoms with van der Waals surface area (Å²) in [5, 5.41) is 3.04. The first-order valence-corrected chi connectivity index (χ1v) is 5.53. The number of rotatable bonds is 5. The molecule has 1 aromatic carbocycles. The molecule has 0 radical (unpaired) electrons. The number of carbonyl (C=O) groups excluding carboxylic acids is 2. The minimum Gasteiger partial charge on any atom is -0.497 e. The molecule has 0 fully saturated rings. The molecule has 1 amide bonds. The number of ether oxygens (including phenoxy) is 1. The lowest BCUT2D eigenvalue weighted by Crippen LogP contribution is -2.12. The van der Waals surface area contributed by atoms with Crippen LogP contribution in [0.2, 0.25) is 5.02 Å². The number of ketones is 1. The maximum Gasteiger partial charge on any atom is 0.224 e. The molecule has 0 unspecified atom stereocenters. The molecule has 0 aromatic heterocycles. The molecule has 0 aliphatic carbocycles. The van der Waals surface area contributed by atoms with E-state index in [4.69, 9.17) is 16.3 Å². The molecule has 1 aromatic rings. The lowest BCUT2D eigenvalue weighted by atomic mass is 10.2. The molecular weight excluding hydrogens is 242 g/mol. The van der Waals surface area contributed by atoms with Crippen molar-refractivity contribution in [3.8, 4) is 5.75 Å². The van der Waals surface area contributed by atoms with E-state index >= 15 is 0 Å². The van der Waals surface area contributed by atoms with E-state index in [-0.39, 0.29) is 24.5 Å². The second kappa shape index (κ2) is 6.25. The number of hydrogen-bond acceptors (Lipinski definition) is 3. The first kappa shape index (κ1) is 13.5. The average molecular weight is 256 g/mol. The average Bonchev–Trinajstić information content (AvgIpc) is 2.29. The van der Waals surface area contributed by atoms with E-state index in [2.05, 4.69) is 5.32 Å². The van der Waals surface area contributed by atoms with Crippen LogP contribution in [0, 0.1) is 0 Å². The van der Waals surface area contributed by atoms with Gasteiger partial charge in [-0.15, -0.1) is 0 Å². The van der Waals surface area contributed by atoms with Gasteiger partial charge in [-0.05, 0) is 19.1 Å². The zero-order chi connectivity index (χ0) is 12.8. The lowest BCUT2D eigenvalue weighted by molar-refractivity contribution is -0.121. The highest BCUT2D eigenvalue weighted by Gasteiger charge is 2.07. The molecule has 0 heterocycles. The molecule has 0 atom stereocenters. The van der Waals surface area contributed by atoms with Gasteiger partial charge >= 0.3 is 0 Å². The van der Waals surface area contributed by atoms with Gasteiger partial charge in [0.05, 0.1) is 17.8 Å². The van der Waals surface area contributed by atoms with Gasteiger partial charge in [-0.25, -0.2) is 0 Å². The van der Waals surface area contributed by atoms with Crippen LogP contribution in [0.3, 0.4) is 0 Å². The fraction of sp³-hybridized carbons (Fsp3) is 0.333. The molecule has 92 valence electrons. The van der Waals surface area contributed by atoms with Crippen LogP contribution in [0.25, 0.3) is 0 Å². The van der Waals surface area contributed by atoms with E-state index in [0.717, 1.165) is 0 Å². The third kappa shape index (κ3) is 4.44. The Kier molecular flexibility index (Phi) is 4.97. The van der Waals surface area contributed by atoms with Crippen molar-refractivity contribution in [3.63, 3.8) is 0 Å². The van der Waals surface area contributed by atoms with Crippen molar-refractivity contribution >= 4 is 29.0 Å². The summed E-state index contributed by atoms with van der Waals surface area (Å²) in [6, 6.07) is 4.97. The Morgan fingerprint density at radius 2 is 2.06 bits per heavy atom. The summed E-state index contributed by atoms with van der Waals surface area (Å²) >= 11 is 5.95. The van der Waals surface area contributed by atoms with E-state index < -0.39 is 0 Å². The van der Waals surface area contributed by atoms with Crippen LogP contribution in [0.1, 0.15) is 19.8 Å². The number of benzene rings is 1. The molecule has 5 heteroatoms. The molecule has 0 saturated heterocycles. The van der Waals surface area contributed by atoms with Gasteiger partial charge in [0.15, 0.2) is 0 Å². The standard InChI is InChI=1S/C12H14ClNO3/c1-8(15)3-6-12(16)14-11-5-4-9(17-2)7-10(11)13/h4-5,7H,3,6H2,1-2H3,(H,14,16). The first-order chi connectivity index (χ1) is 8.02. The SMILES string of the molecule is COc1ccc(NC(=O)CCC(C)=O)c(Cl)c1. The van der Waals surface area contributed by atoms with Crippen molar-refractivity contribution in [2.75, 3.05) is 12.4 Å². The van der Waals surface area contributed by atoms with Crippen LogP contribution >= 0.6 is 11.6 Å². The fourth-order valence-electron chi connectivity index (χ4n) is 1.23. The van der Waals surface area contributed by atoms with Crippen LogP contribution in [0.15, 0.2) is 18.2 Å². The van der Waals surface area contributed by atoms with E-state index in [9.17, 15) is 9.59 Å². The zero-order valence-electron chi connectivity index (χ0n) is 9.75. The van der Waals surface area contributed by atoms with Crippen molar-refractivity contribution in [2.45, 2.75) is 19.8 Å². The fourth-order valence-corrected chi connectivity index (χ4v) is 1.44. The van der Waals surface area contributed by atoms with E-state index in [1.807, 2.05) is 0 Å². The molecule has 1 N–H and O–H groups in total.